The molecule has 0 aliphatic heterocycles. The molecule has 0 bridgehead atoms. The molecule has 5 nitrogen and oxygen atoms in total. The van der Waals surface area contributed by atoms with Crippen molar-refractivity contribution in [2.24, 2.45) is 0 Å². The van der Waals surface area contributed by atoms with Gasteiger partial charge in [-0.1, -0.05) is 97.1 Å². The van der Waals surface area contributed by atoms with Gasteiger partial charge in [0.05, 0.1) is 5.71 Å². The molecule has 0 aliphatic carbocycles. The van der Waals surface area contributed by atoms with Gasteiger partial charge in [0.2, 0.25) is 5.90 Å². The van der Waals surface area contributed by atoms with E-state index in [1.807, 2.05) is 103 Å². The van der Waals surface area contributed by atoms with Crippen molar-refractivity contribution in [1.29, 1.82) is 10.8 Å². The molecule has 0 aromatic heterocycles. The number of hydrogen-bond donors (Lipinski definition) is 2. The van der Waals surface area contributed by atoms with Gasteiger partial charge in [0.1, 0.15) is 25.6 Å². The van der Waals surface area contributed by atoms with E-state index in [9.17, 15) is 0 Å². The Balaban J connectivity index is 1.45. The summed E-state index contributed by atoms with van der Waals surface area (Å²) >= 11 is 0. The summed E-state index contributed by atoms with van der Waals surface area (Å²) in [6, 6.07) is 33.1. The van der Waals surface area contributed by atoms with Crippen LogP contribution in [0.5, 0.6) is 5.75 Å². The number of benzene rings is 4. The Morgan fingerprint density at radius 1 is 0.647 bits per heavy atom. The normalized spacial score (nSPS) is 11.1. The quantitative estimate of drug-likeness (QED) is 0.164. The van der Waals surface area contributed by atoms with Crippen LogP contribution in [0.25, 0.3) is 10.8 Å². The largest absolute Gasteiger partial charge is 0.487 e. The van der Waals surface area contributed by atoms with Crippen molar-refractivity contribution in [1.82, 2.24) is 0 Å². The molecule has 0 aliphatic rings. The van der Waals surface area contributed by atoms with E-state index < -0.39 is 0 Å². The van der Waals surface area contributed by atoms with Gasteiger partial charge in [-0.3, -0.25) is 5.41 Å². The Kier molecular flexibility index (Phi) is 7.70. The molecule has 0 radical (unpaired) electrons. The smallest absolute Gasteiger partial charge is 0.249 e. The van der Waals surface area contributed by atoms with E-state index >= 15 is 0 Å². The standard InChI is InChI=1S/C29H26N2O3/c30-25(21-33-27-17-9-15-24-14-7-8-16-26(24)27)18-28(32-19-22-10-3-1-4-11-22)29(31)34-20-23-12-5-2-6-13-23/h1-18,30-31H,19-21H2/b28-18+,30-25?,31-29?. The summed E-state index contributed by atoms with van der Waals surface area (Å²) in [6.07, 6.45) is 1.49. The van der Waals surface area contributed by atoms with Gasteiger partial charge in [-0.15, -0.1) is 0 Å². The van der Waals surface area contributed by atoms with Crippen molar-refractivity contribution >= 4 is 22.4 Å². The first-order valence-electron chi connectivity index (χ1n) is 11.0. The summed E-state index contributed by atoms with van der Waals surface area (Å²) in [5, 5.41) is 18.9. The van der Waals surface area contributed by atoms with Crippen LogP contribution in [-0.2, 0) is 22.7 Å². The fourth-order valence-electron chi connectivity index (χ4n) is 3.39. The molecule has 4 rings (SSSR count). The Morgan fingerprint density at radius 2 is 1.24 bits per heavy atom. The third-order valence-corrected chi connectivity index (χ3v) is 5.13. The maximum Gasteiger partial charge on any atom is 0.249 e. The fourth-order valence-corrected chi connectivity index (χ4v) is 3.39. The zero-order valence-corrected chi connectivity index (χ0v) is 18.7. The molecule has 0 unspecified atom stereocenters. The minimum Gasteiger partial charge on any atom is -0.487 e. The summed E-state index contributed by atoms with van der Waals surface area (Å²) in [4.78, 5) is 0. The molecule has 4 aromatic carbocycles. The lowest BCUT2D eigenvalue weighted by molar-refractivity contribution is 0.191. The van der Waals surface area contributed by atoms with Gasteiger partial charge in [0, 0.05) is 11.5 Å². The average Bonchev–Trinajstić information content (AvgIpc) is 2.89. The van der Waals surface area contributed by atoms with Gasteiger partial charge in [0.15, 0.2) is 5.76 Å². The molecule has 0 amide bonds. The summed E-state index contributed by atoms with van der Waals surface area (Å²) < 4.78 is 17.5. The van der Waals surface area contributed by atoms with Crippen LogP contribution < -0.4 is 4.74 Å². The zero-order chi connectivity index (χ0) is 23.6. The van der Waals surface area contributed by atoms with E-state index in [2.05, 4.69) is 0 Å². The second-order valence-electron chi connectivity index (χ2n) is 7.68. The third kappa shape index (κ3) is 6.33. The van der Waals surface area contributed by atoms with Crippen LogP contribution in [0.15, 0.2) is 115 Å². The van der Waals surface area contributed by atoms with E-state index in [0.717, 1.165) is 21.9 Å². The number of hydrogen-bond acceptors (Lipinski definition) is 5. The highest BCUT2D eigenvalue weighted by Crippen LogP contribution is 2.25. The second-order valence-corrected chi connectivity index (χ2v) is 7.68. The van der Waals surface area contributed by atoms with Crippen LogP contribution in [-0.4, -0.2) is 18.2 Å². The number of ether oxygens (including phenoxy) is 3. The average molecular weight is 451 g/mol. The predicted octanol–water partition coefficient (Wildman–Crippen LogP) is 6.53. The van der Waals surface area contributed by atoms with Crippen LogP contribution in [0, 0.1) is 10.8 Å². The highest BCUT2D eigenvalue weighted by Gasteiger charge is 2.12. The highest BCUT2D eigenvalue weighted by atomic mass is 16.5. The summed E-state index contributed by atoms with van der Waals surface area (Å²) in [6.45, 7) is 0.547. The van der Waals surface area contributed by atoms with Crippen molar-refractivity contribution in [3.05, 3.63) is 126 Å². The lowest BCUT2D eigenvalue weighted by Gasteiger charge is -2.14. The number of nitrogens with one attached hydrogen (secondary N) is 2. The van der Waals surface area contributed by atoms with Gasteiger partial charge in [-0.2, -0.15) is 0 Å². The molecule has 0 fully saturated rings. The topological polar surface area (TPSA) is 75.4 Å². The molecule has 0 saturated heterocycles. The Hall–Kier alpha value is -4.38. The van der Waals surface area contributed by atoms with Crippen molar-refractivity contribution in [2.45, 2.75) is 13.2 Å². The highest BCUT2D eigenvalue weighted by molar-refractivity contribution is 6.01. The van der Waals surface area contributed by atoms with E-state index in [4.69, 9.17) is 25.0 Å². The summed E-state index contributed by atoms with van der Waals surface area (Å²) in [5.74, 6) is 0.763. The van der Waals surface area contributed by atoms with Crippen molar-refractivity contribution in [2.75, 3.05) is 6.61 Å². The Morgan fingerprint density at radius 3 is 1.94 bits per heavy atom. The molecule has 0 atom stereocenters. The molecule has 0 spiro atoms. The first kappa shape index (κ1) is 22.8. The van der Waals surface area contributed by atoms with Crippen LogP contribution in [0.2, 0.25) is 0 Å². The molecular weight excluding hydrogens is 424 g/mol. The molecule has 2 N–H and O–H groups in total. The van der Waals surface area contributed by atoms with Crippen molar-refractivity contribution in [3.63, 3.8) is 0 Å². The monoisotopic (exact) mass is 450 g/mol. The number of rotatable bonds is 10. The maximum absolute atomic E-state index is 8.42. The first-order chi connectivity index (χ1) is 16.7. The Labute approximate surface area is 199 Å². The van der Waals surface area contributed by atoms with Crippen molar-refractivity contribution in [3.8, 4) is 5.75 Å². The van der Waals surface area contributed by atoms with E-state index in [1.54, 1.807) is 0 Å². The van der Waals surface area contributed by atoms with Crippen LogP contribution in [0.4, 0.5) is 0 Å². The minimum absolute atomic E-state index is 0.0399. The predicted molar refractivity (Wildman–Crippen MR) is 135 cm³/mol. The van der Waals surface area contributed by atoms with Gasteiger partial charge < -0.3 is 19.6 Å². The van der Waals surface area contributed by atoms with Gasteiger partial charge in [-0.05, 0) is 22.6 Å². The molecule has 0 saturated carbocycles. The lowest BCUT2D eigenvalue weighted by atomic mass is 10.1. The van der Waals surface area contributed by atoms with Crippen LogP contribution in [0.3, 0.4) is 0 Å². The first-order valence-corrected chi connectivity index (χ1v) is 11.0. The molecular formula is C29H26N2O3. The summed E-state index contributed by atoms with van der Waals surface area (Å²) in [5.41, 5.74) is 2.08. The second kappa shape index (κ2) is 11.5. The molecule has 5 heteroatoms. The van der Waals surface area contributed by atoms with Gasteiger partial charge >= 0.3 is 0 Å². The lowest BCUT2D eigenvalue weighted by Crippen LogP contribution is -2.15. The third-order valence-electron chi connectivity index (χ3n) is 5.13. The zero-order valence-electron chi connectivity index (χ0n) is 18.7. The van der Waals surface area contributed by atoms with Crippen molar-refractivity contribution < 1.29 is 14.2 Å². The minimum atomic E-state index is -0.130. The SMILES string of the molecule is N=C(/C=C(/OCc1ccccc1)C(=N)OCc1ccccc1)COc1cccc2ccccc12. The van der Waals surface area contributed by atoms with Crippen LogP contribution in [0.1, 0.15) is 11.1 Å². The number of fused-ring (bicyclic) bond motifs is 1. The van der Waals surface area contributed by atoms with E-state index in [0.29, 0.717) is 5.75 Å². The van der Waals surface area contributed by atoms with Crippen LogP contribution >= 0.6 is 0 Å². The van der Waals surface area contributed by atoms with E-state index in [1.165, 1.54) is 6.08 Å². The molecule has 0 heterocycles. The Bertz CT molecular complexity index is 1280. The maximum atomic E-state index is 8.42. The van der Waals surface area contributed by atoms with Gasteiger partial charge in [0.25, 0.3) is 0 Å². The molecule has 4 aromatic rings. The van der Waals surface area contributed by atoms with Gasteiger partial charge in [-0.25, -0.2) is 0 Å². The van der Waals surface area contributed by atoms with E-state index in [-0.39, 0.29) is 37.2 Å². The molecule has 34 heavy (non-hydrogen) atoms. The fraction of sp³-hybridized carbons (Fsp3) is 0.103. The summed E-state index contributed by atoms with van der Waals surface area (Å²) in [7, 11) is 0. The molecule has 170 valence electrons.